The summed E-state index contributed by atoms with van der Waals surface area (Å²) < 4.78 is 0. The van der Waals surface area contributed by atoms with E-state index in [1.165, 1.54) is 0 Å². The number of piperazine rings is 1. The van der Waals surface area contributed by atoms with Crippen molar-refractivity contribution in [3.63, 3.8) is 0 Å². The Morgan fingerprint density at radius 1 is 1.06 bits per heavy atom. The zero-order chi connectivity index (χ0) is 23.1. The van der Waals surface area contributed by atoms with Crippen LogP contribution in [0.2, 0.25) is 0 Å². The predicted molar refractivity (Wildman–Crippen MR) is 132 cm³/mol. The number of carbonyl (C=O) groups excluding carboxylic acids is 1. The van der Waals surface area contributed by atoms with Gasteiger partial charge in [-0.15, -0.1) is 0 Å². The second-order valence-electron chi connectivity index (χ2n) is 9.04. The van der Waals surface area contributed by atoms with Crippen LogP contribution in [0.4, 0.5) is 0 Å². The van der Waals surface area contributed by atoms with Crippen LogP contribution in [0.15, 0.2) is 60.7 Å². The Bertz CT molecular complexity index is 1390. The predicted octanol–water partition coefficient (Wildman–Crippen LogP) is 4.08. The van der Waals surface area contributed by atoms with Crippen LogP contribution < -0.4 is 5.32 Å². The second-order valence-corrected chi connectivity index (χ2v) is 9.04. The summed E-state index contributed by atoms with van der Waals surface area (Å²) in [5.41, 5.74) is 4.32. The van der Waals surface area contributed by atoms with E-state index in [9.17, 15) is 9.90 Å². The van der Waals surface area contributed by atoms with Crippen molar-refractivity contribution in [3.8, 4) is 17.0 Å². The molecule has 2 fully saturated rings. The largest absolute Gasteiger partial charge is 0.508 e. The van der Waals surface area contributed by atoms with Crippen molar-refractivity contribution in [2.75, 3.05) is 19.6 Å². The van der Waals surface area contributed by atoms with Gasteiger partial charge >= 0.3 is 0 Å². The molecule has 2 aromatic carbocycles. The maximum absolute atomic E-state index is 14.0. The smallest absolute Gasteiger partial charge is 0.255 e. The standard InChI is InChI=1S/C27H25N5O2/c33-20-9-7-19(8-10-20)23-16-21(26(34)32-15-14-28-17-27(32)12-13-27)24-22(30-31-25(24)29-23)11-6-18-4-2-1-3-5-18/h1-11,16,28,33H,12-15,17H2,(H,29,30,31). The van der Waals surface area contributed by atoms with Crippen molar-refractivity contribution in [2.24, 2.45) is 0 Å². The minimum atomic E-state index is -0.0760. The van der Waals surface area contributed by atoms with Crippen LogP contribution in [-0.2, 0) is 0 Å². The first-order valence-corrected chi connectivity index (χ1v) is 11.6. The number of phenols is 1. The van der Waals surface area contributed by atoms with E-state index in [-0.39, 0.29) is 17.2 Å². The Hall–Kier alpha value is -3.97. The molecule has 1 spiro atoms. The van der Waals surface area contributed by atoms with Gasteiger partial charge in [0.15, 0.2) is 5.65 Å². The van der Waals surface area contributed by atoms with Crippen LogP contribution in [-0.4, -0.2) is 56.3 Å². The highest BCUT2D eigenvalue weighted by Gasteiger charge is 2.51. The molecule has 4 aromatic rings. The van der Waals surface area contributed by atoms with Crippen LogP contribution in [0.1, 0.15) is 34.5 Å². The van der Waals surface area contributed by atoms with Crippen LogP contribution in [0.5, 0.6) is 5.75 Å². The maximum atomic E-state index is 14.0. The molecular weight excluding hydrogens is 426 g/mol. The molecule has 7 heteroatoms. The topological polar surface area (TPSA) is 94.1 Å². The molecule has 1 aliphatic heterocycles. The summed E-state index contributed by atoms with van der Waals surface area (Å²) in [4.78, 5) is 20.8. The number of aromatic hydroxyl groups is 1. The molecule has 1 aliphatic carbocycles. The van der Waals surface area contributed by atoms with Gasteiger partial charge in [0.2, 0.25) is 0 Å². The number of H-pyrrole nitrogens is 1. The number of carbonyl (C=O) groups is 1. The van der Waals surface area contributed by atoms with Gasteiger partial charge in [-0.2, -0.15) is 5.10 Å². The molecule has 3 heterocycles. The fourth-order valence-electron chi connectivity index (χ4n) is 4.76. The first-order chi connectivity index (χ1) is 16.6. The SMILES string of the molecule is O=C(c1cc(-c2ccc(O)cc2)nc2n[nH]c(C=Cc3ccccc3)c12)N1CCNCC12CC2. The number of nitrogens with one attached hydrogen (secondary N) is 2. The van der Waals surface area contributed by atoms with Crippen molar-refractivity contribution in [2.45, 2.75) is 18.4 Å². The third kappa shape index (κ3) is 3.64. The number of hydrogen-bond donors (Lipinski definition) is 3. The van der Waals surface area contributed by atoms with Gasteiger partial charge in [0.25, 0.3) is 5.91 Å². The highest BCUT2D eigenvalue weighted by Crippen LogP contribution is 2.43. The molecule has 170 valence electrons. The van der Waals surface area contributed by atoms with E-state index < -0.39 is 0 Å². The molecular formula is C27H25N5O2. The fourth-order valence-corrected chi connectivity index (χ4v) is 4.76. The highest BCUT2D eigenvalue weighted by atomic mass is 16.3. The number of phenolic OH excluding ortho intramolecular Hbond substituents is 1. The first kappa shape index (κ1) is 20.6. The van der Waals surface area contributed by atoms with Gasteiger partial charge in [0, 0.05) is 25.2 Å². The minimum Gasteiger partial charge on any atom is -0.508 e. The summed E-state index contributed by atoms with van der Waals surface area (Å²) in [7, 11) is 0. The Morgan fingerprint density at radius 2 is 1.85 bits per heavy atom. The molecule has 0 atom stereocenters. The molecule has 7 nitrogen and oxygen atoms in total. The number of nitrogens with zero attached hydrogens (tertiary/aromatic N) is 3. The third-order valence-electron chi connectivity index (χ3n) is 6.80. The first-order valence-electron chi connectivity index (χ1n) is 11.6. The van der Waals surface area contributed by atoms with Gasteiger partial charge in [-0.25, -0.2) is 4.98 Å². The number of aromatic amines is 1. The van der Waals surface area contributed by atoms with Gasteiger partial charge in [-0.1, -0.05) is 36.4 Å². The summed E-state index contributed by atoms with van der Waals surface area (Å²) in [5.74, 6) is 0.202. The summed E-state index contributed by atoms with van der Waals surface area (Å²) in [5, 5.41) is 21.4. The number of fused-ring (bicyclic) bond motifs is 1. The van der Waals surface area contributed by atoms with E-state index in [1.807, 2.05) is 53.5 Å². The molecule has 2 aliphatic rings. The molecule has 1 saturated carbocycles. The molecule has 2 aromatic heterocycles. The lowest BCUT2D eigenvalue weighted by atomic mass is 10.0. The number of aromatic nitrogens is 3. The lowest BCUT2D eigenvalue weighted by Crippen LogP contribution is -2.55. The zero-order valence-electron chi connectivity index (χ0n) is 18.7. The Labute approximate surface area is 197 Å². The number of benzene rings is 2. The number of hydrogen-bond acceptors (Lipinski definition) is 5. The molecule has 6 rings (SSSR count). The van der Waals surface area contributed by atoms with Crippen molar-refractivity contribution in [3.05, 3.63) is 77.5 Å². The average molecular weight is 452 g/mol. The number of pyridine rings is 1. The Balaban J connectivity index is 1.48. The highest BCUT2D eigenvalue weighted by molar-refractivity contribution is 6.09. The number of amides is 1. The van der Waals surface area contributed by atoms with Crippen LogP contribution in [0.25, 0.3) is 34.4 Å². The molecule has 0 unspecified atom stereocenters. The van der Waals surface area contributed by atoms with E-state index in [0.29, 0.717) is 23.4 Å². The second kappa shape index (κ2) is 8.11. The molecule has 0 bridgehead atoms. The third-order valence-corrected chi connectivity index (χ3v) is 6.80. The Kier molecular flexibility index (Phi) is 4.92. The van der Waals surface area contributed by atoms with E-state index >= 15 is 0 Å². The summed E-state index contributed by atoms with van der Waals surface area (Å²) in [6, 6.07) is 18.7. The van der Waals surface area contributed by atoms with Crippen molar-refractivity contribution in [1.82, 2.24) is 25.4 Å². The van der Waals surface area contributed by atoms with Gasteiger partial charge in [0.05, 0.1) is 27.9 Å². The number of rotatable bonds is 4. The normalized spacial score (nSPS) is 17.0. The van der Waals surface area contributed by atoms with Gasteiger partial charge in [-0.05, 0) is 54.8 Å². The monoisotopic (exact) mass is 451 g/mol. The van der Waals surface area contributed by atoms with Crippen LogP contribution in [0.3, 0.4) is 0 Å². The van der Waals surface area contributed by atoms with Gasteiger partial charge < -0.3 is 15.3 Å². The molecule has 0 radical (unpaired) electrons. The van der Waals surface area contributed by atoms with Gasteiger partial charge in [0.1, 0.15) is 5.75 Å². The minimum absolute atomic E-state index is 0.0159. The quantitative estimate of drug-likeness (QED) is 0.435. The van der Waals surface area contributed by atoms with Crippen molar-refractivity contribution >= 4 is 29.1 Å². The lowest BCUT2D eigenvalue weighted by Gasteiger charge is -2.37. The van der Waals surface area contributed by atoms with Crippen LogP contribution >= 0.6 is 0 Å². The molecule has 34 heavy (non-hydrogen) atoms. The maximum Gasteiger partial charge on any atom is 0.255 e. The fraction of sp³-hybridized carbons (Fsp3) is 0.222. The van der Waals surface area contributed by atoms with E-state index in [0.717, 1.165) is 48.1 Å². The molecule has 3 N–H and O–H groups in total. The molecule has 1 amide bonds. The van der Waals surface area contributed by atoms with E-state index in [1.54, 1.807) is 24.3 Å². The van der Waals surface area contributed by atoms with Crippen LogP contribution in [0, 0.1) is 0 Å². The van der Waals surface area contributed by atoms with Crippen molar-refractivity contribution in [1.29, 1.82) is 0 Å². The average Bonchev–Trinajstić information content (AvgIpc) is 3.51. The van der Waals surface area contributed by atoms with E-state index in [2.05, 4.69) is 15.5 Å². The van der Waals surface area contributed by atoms with E-state index in [4.69, 9.17) is 4.98 Å². The summed E-state index contributed by atoms with van der Waals surface area (Å²) >= 11 is 0. The van der Waals surface area contributed by atoms with Gasteiger partial charge in [-0.3, -0.25) is 9.89 Å². The molecule has 1 saturated heterocycles. The Morgan fingerprint density at radius 3 is 2.62 bits per heavy atom. The van der Waals surface area contributed by atoms with Crippen molar-refractivity contribution < 1.29 is 9.90 Å². The summed E-state index contributed by atoms with van der Waals surface area (Å²) in [6.45, 7) is 2.31. The zero-order valence-corrected chi connectivity index (χ0v) is 18.7. The lowest BCUT2D eigenvalue weighted by molar-refractivity contribution is 0.0602. The summed E-state index contributed by atoms with van der Waals surface area (Å²) in [6.07, 6.45) is 6.00.